The summed E-state index contributed by atoms with van der Waals surface area (Å²) in [4.78, 5) is 30.1. The van der Waals surface area contributed by atoms with Gasteiger partial charge in [-0.25, -0.2) is 9.79 Å². The van der Waals surface area contributed by atoms with Gasteiger partial charge >= 0.3 is 5.97 Å². The molecule has 1 amide bonds. The van der Waals surface area contributed by atoms with Crippen molar-refractivity contribution < 1.29 is 24.5 Å². The summed E-state index contributed by atoms with van der Waals surface area (Å²) in [5, 5.41) is 19.4. The average Bonchev–Trinajstić information content (AvgIpc) is 2.98. The Hall–Kier alpha value is -3.52. The number of carboxylic acid groups (broad SMARTS) is 1. The number of carbonyl (C=O) groups is 2. The number of amides is 1. The van der Waals surface area contributed by atoms with Crippen molar-refractivity contribution in [3.63, 3.8) is 0 Å². The van der Waals surface area contributed by atoms with Gasteiger partial charge in [0.05, 0.1) is 4.91 Å². The Balaban J connectivity index is 1.96. The molecule has 0 radical (unpaired) electrons. The van der Waals surface area contributed by atoms with Crippen LogP contribution in [-0.4, -0.2) is 45.3 Å². The molecule has 3 rings (SSSR count). The second kappa shape index (κ2) is 9.32. The largest absolute Gasteiger partial charge is 0.506 e. The summed E-state index contributed by atoms with van der Waals surface area (Å²) >= 11 is 1.16. The predicted octanol–water partition coefficient (Wildman–Crippen LogP) is 3.95. The van der Waals surface area contributed by atoms with Crippen molar-refractivity contribution in [2.45, 2.75) is 6.92 Å². The van der Waals surface area contributed by atoms with Crippen LogP contribution in [0.1, 0.15) is 11.1 Å². The highest BCUT2D eigenvalue weighted by Crippen LogP contribution is 2.37. The summed E-state index contributed by atoms with van der Waals surface area (Å²) in [6.45, 7) is 5.32. The van der Waals surface area contributed by atoms with Gasteiger partial charge in [0.25, 0.3) is 5.91 Å². The molecule has 0 unspecified atom stereocenters. The van der Waals surface area contributed by atoms with E-state index in [4.69, 9.17) is 9.84 Å². The van der Waals surface area contributed by atoms with E-state index in [9.17, 15) is 14.7 Å². The van der Waals surface area contributed by atoms with Crippen LogP contribution in [0, 0.1) is 6.92 Å². The molecule has 0 saturated carbocycles. The number of phenolic OH excluding ortho intramolecular Hbond substituents is 1. The fourth-order valence-electron chi connectivity index (χ4n) is 2.72. The van der Waals surface area contributed by atoms with Crippen molar-refractivity contribution >= 4 is 40.6 Å². The Kier molecular flexibility index (Phi) is 6.58. The molecule has 1 fully saturated rings. The minimum atomic E-state index is -1.09. The van der Waals surface area contributed by atoms with Crippen molar-refractivity contribution in [3.05, 3.63) is 71.2 Å². The Morgan fingerprint density at radius 1 is 1.30 bits per heavy atom. The number of carboxylic acids is 1. The maximum Gasteiger partial charge on any atom is 0.341 e. The van der Waals surface area contributed by atoms with Crippen molar-refractivity contribution in [1.82, 2.24) is 4.90 Å². The zero-order valence-corrected chi connectivity index (χ0v) is 17.1. The number of rotatable bonds is 7. The molecule has 0 aliphatic carbocycles. The molecule has 30 heavy (non-hydrogen) atoms. The van der Waals surface area contributed by atoms with E-state index in [1.54, 1.807) is 48.6 Å². The van der Waals surface area contributed by atoms with E-state index in [0.717, 1.165) is 17.3 Å². The molecule has 1 saturated heterocycles. The normalized spacial score (nSPS) is 16.3. The van der Waals surface area contributed by atoms with Gasteiger partial charge in [-0.2, -0.15) is 0 Å². The van der Waals surface area contributed by atoms with Crippen molar-refractivity contribution in [1.29, 1.82) is 0 Å². The van der Waals surface area contributed by atoms with Crippen molar-refractivity contribution in [2.24, 2.45) is 4.99 Å². The number of aryl methyl sites for hydroxylation is 1. The summed E-state index contributed by atoms with van der Waals surface area (Å²) in [5.74, 6) is -0.969. The number of aromatic hydroxyl groups is 1. The minimum Gasteiger partial charge on any atom is -0.506 e. The molecule has 2 aromatic rings. The van der Waals surface area contributed by atoms with Gasteiger partial charge in [-0.3, -0.25) is 9.69 Å². The first-order valence-corrected chi connectivity index (χ1v) is 9.85. The van der Waals surface area contributed by atoms with Crippen LogP contribution in [0.25, 0.3) is 6.08 Å². The third-order valence-corrected chi connectivity index (χ3v) is 5.11. The van der Waals surface area contributed by atoms with Crippen LogP contribution in [0.15, 0.2) is 65.0 Å². The van der Waals surface area contributed by atoms with Gasteiger partial charge < -0.3 is 14.9 Å². The van der Waals surface area contributed by atoms with Gasteiger partial charge in [0.1, 0.15) is 17.2 Å². The number of thioether (sulfide) groups is 1. The number of benzene rings is 2. The third kappa shape index (κ3) is 4.90. The summed E-state index contributed by atoms with van der Waals surface area (Å²) < 4.78 is 5.31. The molecule has 0 aromatic heterocycles. The van der Waals surface area contributed by atoms with Crippen LogP contribution in [0.4, 0.5) is 5.69 Å². The van der Waals surface area contributed by atoms with Gasteiger partial charge in [0, 0.05) is 12.1 Å². The summed E-state index contributed by atoms with van der Waals surface area (Å²) in [6, 6.07) is 12.0. The lowest BCUT2D eigenvalue weighted by Gasteiger charge is -2.13. The van der Waals surface area contributed by atoms with Crippen molar-refractivity contribution in [2.75, 3.05) is 13.2 Å². The first-order valence-electron chi connectivity index (χ1n) is 9.03. The van der Waals surface area contributed by atoms with Gasteiger partial charge in [-0.15, -0.1) is 6.58 Å². The van der Waals surface area contributed by atoms with Gasteiger partial charge in [0.15, 0.2) is 11.8 Å². The van der Waals surface area contributed by atoms with Crippen molar-refractivity contribution in [3.8, 4) is 11.5 Å². The van der Waals surface area contributed by atoms with E-state index < -0.39 is 12.6 Å². The number of ether oxygens (including phenoxy) is 1. The topological polar surface area (TPSA) is 99.4 Å². The second-order valence-corrected chi connectivity index (χ2v) is 7.43. The number of aliphatic imine (C=N–C) groups is 1. The number of hydrogen-bond acceptors (Lipinski definition) is 6. The first kappa shape index (κ1) is 21.2. The lowest BCUT2D eigenvalue weighted by atomic mass is 10.2. The smallest absolute Gasteiger partial charge is 0.341 e. The number of para-hydroxylation sites is 1. The molecule has 0 bridgehead atoms. The Labute approximate surface area is 178 Å². The number of phenols is 1. The van der Waals surface area contributed by atoms with Crippen LogP contribution in [-0.2, 0) is 9.59 Å². The third-order valence-electron chi connectivity index (χ3n) is 4.10. The Morgan fingerprint density at radius 3 is 2.77 bits per heavy atom. The van der Waals surface area contributed by atoms with Gasteiger partial charge in [-0.1, -0.05) is 30.3 Å². The second-order valence-electron chi connectivity index (χ2n) is 6.42. The van der Waals surface area contributed by atoms with E-state index in [-0.39, 0.29) is 18.2 Å². The maximum atomic E-state index is 12.9. The maximum absolute atomic E-state index is 12.9. The zero-order chi connectivity index (χ0) is 21.7. The zero-order valence-electron chi connectivity index (χ0n) is 16.2. The molecular formula is C22H20N2O5S. The summed E-state index contributed by atoms with van der Waals surface area (Å²) in [7, 11) is 0. The van der Waals surface area contributed by atoms with E-state index in [1.807, 2.05) is 13.0 Å². The lowest BCUT2D eigenvalue weighted by Crippen LogP contribution is -2.29. The quantitative estimate of drug-likeness (QED) is 0.516. The van der Waals surface area contributed by atoms with Crippen LogP contribution < -0.4 is 4.74 Å². The molecule has 1 aliphatic heterocycles. The fourth-order valence-corrected chi connectivity index (χ4v) is 3.72. The average molecular weight is 424 g/mol. The van der Waals surface area contributed by atoms with Crippen LogP contribution in [0.2, 0.25) is 0 Å². The minimum absolute atomic E-state index is 0.0268. The van der Waals surface area contributed by atoms with Crippen LogP contribution >= 0.6 is 11.8 Å². The summed E-state index contributed by atoms with van der Waals surface area (Å²) in [6.07, 6.45) is 3.23. The van der Waals surface area contributed by atoms with Crippen LogP contribution in [0.3, 0.4) is 0 Å². The molecule has 1 heterocycles. The molecule has 2 aromatic carbocycles. The lowest BCUT2D eigenvalue weighted by molar-refractivity contribution is -0.139. The molecule has 0 atom stereocenters. The number of aliphatic carboxylic acids is 1. The molecule has 0 spiro atoms. The molecule has 154 valence electrons. The molecule has 8 heteroatoms. The Bertz CT molecular complexity index is 1060. The monoisotopic (exact) mass is 424 g/mol. The number of carbonyl (C=O) groups excluding carboxylic acids is 1. The van der Waals surface area contributed by atoms with Crippen LogP contribution in [0.5, 0.6) is 11.5 Å². The number of amidine groups is 1. The number of nitrogens with zero attached hydrogens (tertiary/aromatic N) is 2. The molecular weight excluding hydrogens is 404 g/mol. The highest BCUT2D eigenvalue weighted by Gasteiger charge is 2.33. The molecule has 1 aliphatic rings. The SMILES string of the molecule is C=CCN1C(=O)/C(=C/c2ccccc2OCC(=O)O)SC1=Nc1ccc(C)cc1O. The predicted molar refractivity (Wildman–Crippen MR) is 117 cm³/mol. The first-order chi connectivity index (χ1) is 14.4. The number of hydrogen-bond donors (Lipinski definition) is 2. The molecule has 7 nitrogen and oxygen atoms in total. The Morgan fingerprint density at radius 2 is 2.07 bits per heavy atom. The van der Waals surface area contributed by atoms with Gasteiger partial charge in [-0.05, 0) is 48.5 Å². The molecule has 2 N–H and O–H groups in total. The van der Waals surface area contributed by atoms with E-state index in [2.05, 4.69) is 11.6 Å². The summed E-state index contributed by atoms with van der Waals surface area (Å²) in [5.41, 5.74) is 1.83. The van der Waals surface area contributed by atoms with E-state index >= 15 is 0 Å². The van der Waals surface area contributed by atoms with Gasteiger partial charge in [0.2, 0.25) is 0 Å². The highest BCUT2D eigenvalue weighted by atomic mass is 32.2. The fraction of sp³-hybridized carbons (Fsp3) is 0.136. The van der Waals surface area contributed by atoms with E-state index in [1.165, 1.54) is 4.90 Å². The van der Waals surface area contributed by atoms with E-state index in [0.29, 0.717) is 27.1 Å². The highest BCUT2D eigenvalue weighted by molar-refractivity contribution is 8.18. The standard InChI is InChI=1S/C22H20N2O5S/c1-3-10-24-21(28)19(12-15-6-4-5-7-18(15)29-13-20(26)27)30-22(24)23-16-9-8-14(2)11-17(16)25/h3-9,11-12,25H,1,10,13H2,2H3,(H,26,27)/b19-12-,23-22?.